The van der Waals surface area contributed by atoms with Crippen molar-refractivity contribution in [2.75, 3.05) is 5.32 Å². The zero-order valence-corrected chi connectivity index (χ0v) is 11.2. The van der Waals surface area contributed by atoms with Crippen LogP contribution in [0, 0.1) is 12.3 Å². The Morgan fingerprint density at radius 3 is 2.62 bits per heavy atom. The average Bonchev–Trinajstić information content (AvgIpc) is 2.65. The molecule has 0 fully saturated rings. The lowest BCUT2D eigenvalue weighted by atomic mass is 9.96. The molecule has 16 heavy (non-hydrogen) atoms. The molecule has 0 saturated carbocycles. The van der Waals surface area contributed by atoms with E-state index in [4.69, 9.17) is 6.42 Å². The largest absolute Gasteiger partial charge is 0.347 e. The maximum atomic E-state index is 5.44. The quantitative estimate of drug-likeness (QED) is 0.818. The summed E-state index contributed by atoms with van der Waals surface area (Å²) in [7, 11) is 0. The van der Waals surface area contributed by atoms with E-state index in [1.54, 1.807) is 0 Å². The van der Waals surface area contributed by atoms with Gasteiger partial charge in [0, 0.05) is 16.9 Å². The fraction of sp³-hybridized carbons (Fsp3) is 0.667. The van der Waals surface area contributed by atoms with E-state index in [2.05, 4.69) is 48.3 Å². The summed E-state index contributed by atoms with van der Waals surface area (Å²) >= 11 is 1.38. The fourth-order valence-corrected chi connectivity index (χ4v) is 2.03. The molecule has 1 aromatic heterocycles. The zero-order valence-electron chi connectivity index (χ0n) is 10.4. The van der Waals surface area contributed by atoms with Crippen molar-refractivity contribution in [1.29, 1.82) is 0 Å². The van der Waals surface area contributed by atoms with Crippen LogP contribution in [0.25, 0.3) is 0 Å². The van der Waals surface area contributed by atoms with E-state index in [9.17, 15) is 0 Å². The third kappa shape index (κ3) is 3.49. The van der Waals surface area contributed by atoms with Crippen LogP contribution < -0.4 is 5.32 Å². The molecule has 1 atom stereocenters. The molecule has 1 heterocycles. The van der Waals surface area contributed by atoms with Gasteiger partial charge in [0.15, 0.2) is 0 Å². The topological polar surface area (TPSA) is 37.8 Å². The minimum atomic E-state index is -0.00712. The Hall–Kier alpha value is -1.08. The molecule has 1 rings (SSSR count). The highest BCUT2D eigenvalue weighted by molar-refractivity contribution is 7.09. The maximum Gasteiger partial charge on any atom is 0.203 e. The van der Waals surface area contributed by atoms with Gasteiger partial charge in [0.2, 0.25) is 5.13 Å². The van der Waals surface area contributed by atoms with Crippen LogP contribution in [0.2, 0.25) is 0 Å². The Bertz CT molecular complexity index is 370. The molecular formula is C12H19N3S. The third-order valence-corrected chi connectivity index (χ3v) is 2.82. The predicted octanol–water partition coefficient (Wildman–Crippen LogP) is 3.05. The first kappa shape index (κ1) is 13.0. The van der Waals surface area contributed by atoms with E-state index in [0.717, 1.165) is 23.8 Å². The van der Waals surface area contributed by atoms with Crippen LogP contribution >= 0.6 is 11.5 Å². The number of nitrogens with zero attached hydrogens (tertiary/aromatic N) is 2. The molecule has 1 N–H and O–H groups in total. The van der Waals surface area contributed by atoms with Crippen molar-refractivity contribution in [3.63, 3.8) is 0 Å². The van der Waals surface area contributed by atoms with Gasteiger partial charge in [-0.3, -0.25) is 0 Å². The van der Waals surface area contributed by atoms with E-state index in [-0.39, 0.29) is 11.5 Å². The second-order valence-electron chi connectivity index (χ2n) is 4.83. The highest BCUT2D eigenvalue weighted by Gasteiger charge is 2.20. The summed E-state index contributed by atoms with van der Waals surface area (Å²) in [5, 5.41) is 4.05. The Morgan fingerprint density at radius 2 is 2.19 bits per heavy atom. The van der Waals surface area contributed by atoms with Crippen molar-refractivity contribution in [1.82, 2.24) is 9.36 Å². The molecule has 0 bridgehead atoms. The summed E-state index contributed by atoms with van der Waals surface area (Å²) in [6, 6.07) is 0.0609. The molecule has 0 radical (unpaired) electrons. The fourth-order valence-electron chi connectivity index (χ4n) is 1.22. The molecule has 88 valence electrons. The lowest BCUT2D eigenvalue weighted by Crippen LogP contribution is -2.17. The Kier molecular flexibility index (Phi) is 4.31. The van der Waals surface area contributed by atoms with Crippen LogP contribution in [0.1, 0.15) is 46.4 Å². The second-order valence-corrected chi connectivity index (χ2v) is 5.58. The van der Waals surface area contributed by atoms with Crippen LogP contribution in [0.3, 0.4) is 0 Å². The number of anilines is 1. The van der Waals surface area contributed by atoms with E-state index >= 15 is 0 Å². The Labute approximate surface area is 102 Å². The normalized spacial score (nSPS) is 13.2. The van der Waals surface area contributed by atoms with Crippen LogP contribution in [-0.2, 0) is 5.41 Å². The van der Waals surface area contributed by atoms with Gasteiger partial charge in [-0.2, -0.15) is 4.37 Å². The van der Waals surface area contributed by atoms with E-state index in [1.165, 1.54) is 11.5 Å². The Balaban J connectivity index is 2.69. The second kappa shape index (κ2) is 5.31. The molecule has 1 unspecified atom stereocenters. The number of terminal acetylenes is 1. The molecule has 0 aliphatic carbocycles. The lowest BCUT2D eigenvalue weighted by molar-refractivity contribution is 0.555. The first-order chi connectivity index (χ1) is 7.47. The summed E-state index contributed by atoms with van der Waals surface area (Å²) in [5.74, 6) is 3.60. The van der Waals surface area contributed by atoms with Gasteiger partial charge in [0.1, 0.15) is 5.82 Å². The van der Waals surface area contributed by atoms with Gasteiger partial charge >= 0.3 is 0 Å². The molecule has 4 heteroatoms. The number of hydrogen-bond donors (Lipinski definition) is 1. The van der Waals surface area contributed by atoms with Crippen molar-refractivity contribution in [3.8, 4) is 12.3 Å². The van der Waals surface area contributed by atoms with Crippen molar-refractivity contribution in [2.24, 2.45) is 0 Å². The summed E-state index contributed by atoms with van der Waals surface area (Å²) in [5.41, 5.74) is -0.00712. The minimum absolute atomic E-state index is 0.00712. The molecule has 0 amide bonds. The van der Waals surface area contributed by atoms with E-state index in [0.29, 0.717) is 0 Å². The number of rotatable bonds is 4. The SMILES string of the molecule is C#CC(CCC)Nc1nc(C(C)(C)C)ns1. The molecule has 0 aromatic carbocycles. The molecule has 1 aromatic rings. The summed E-state index contributed by atoms with van der Waals surface area (Å²) < 4.78 is 4.33. The van der Waals surface area contributed by atoms with Gasteiger partial charge in [0.05, 0.1) is 6.04 Å². The van der Waals surface area contributed by atoms with E-state index in [1.807, 2.05) is 0 Å². The molecule has 0 aliphatic heterocycles. The summed E-state index contributed by atoms with van der Waals surface area (Å²) in [4.78, 5) is 4.45. The molecule has 3 nitrogen and oxygen atoms in total. The van der Waals surface area contributed by atoms with Crippen LogP contribution in [0.5, 0.6) is 0 Å². The first-order valence-electron chi connectivity index (χ1n) is 5.54. The van der Waals surface area contributed by atoms with Gasteiger partial charge in [-0.1, -0.05) is 40.0 Å². The van der Waals surface area contributed by atoms with Crippen LogP contribution in [-0.4, -0.2) is 15.4 Å². The maximum absolute atomic E-state index is 5.44. The predicted molar refractivity (Wildman–Crippen MR) is 69.8 cm³/mol. The summed E-state index contributed by atoms with van der Waals surface area (Å²) in [6.07, 6.45) is 7.46. The van der Waals surface area contributed by atoms with Gasteiger partial charge < -0.3 is 5.32 Å². The van der Waals surface area contributed by atoms with Gasteiger partial charge in [0.25, 0.3) is 0 Å². The third-order valence-electron chi connectivity index (χ3n) is 2.17. The lowest BCUT2D eigenvalue weighted by Gasteiger charge is -2.13. The number of nitrogens with one attached hydrogen (secondary N) is 1. The number of aromatic nitrogens is 2. The van der Waals surface area contributed by atoms with Crippen LogP contribution in [0.15, 0.2) is 0 Å². The molecular weight excluding hydrogens is 218 g/mol. The summed E-state index contributed by atoms with van der Waals surface area (Å²) in [6.45, 7) is 8.42. The first-order valence-corrected chi connectivity index (χ1v) is 6.31. The van der Waals surface area contributed by atoms with Gasteiger partial charge in [-0.15, -0.1) is 6.42 Å². The van der Waals surface area contributed by atoms with Crippen molar-refractivity contribution >= 4 is 16.7 Å². The monoisotopic (exact) mass is 237 g/mol. The number of hydrogen-bond acceptors (Lipinski definition) is 4. The smallest absolute Gasteiger partial charge is 0.203 e. The Morgan fingerprint density at radius 1 is 1.50 bits per heavy atom. The van der Waals surface area contributed by atoms with Gasteiger partial charge in [-0.25, -0.2) is 4.98 Å². The molecule has 0 saturated heterocycles. The average molecular weight is 237 g/mol. The molecule has 0 aliphatic rings. The van der Waals surface area contributed by atoms with E-state index < -0.39 is 0 Å². The standard InChI is InChI=1S/C12H19N3S/c1-6-8-9(7-2)13-11-14-10(15-16-11)12(3,4)5/h2,9H,6,8H2,1,3-5H3,(H,13,14,15). The van der Waals surface area contributed by atoms with Crippen molar-refractivity contribution < 1.29 is 0 Å². The van der Waals surface area contributed by atoms with Crippen molar-refractivity contribution in [2.45, 2.75) is 52.0 Å². The molecule has 0 spiro atoms. The van der Waals surface area contributed by atoms with Crippen molar-refractivity contribution in [3.05, 3.63) is 5.82 Å². The highest BCUT2D eigenvalue weighted by Crippen LogP contribution is 2.23. The van der Waals surface area contributed by atoms with Gasteiger partial charge in [-0.05, 0) is 6.42 Å². The highest BCUT2D eigenvalue weighted by atomic mass is 32.1. The van der Waals surface area contributed by atoms with Crippen LogP contribution in [0.4, 0.5) is 5.13 Å². The zero-order chi connectivity index (χ0) is 12.2. The minimum Gasteiger partial charge on any atom is -0.347 e.